The zero-order chi connectivity index (χ0) is 20.3. The normalized spacial score (nSPS) is 10.6. The van der Waals surface area contributed by atoms with Crippen LogP contribution in [0.25, 0.3) is 11.0 Å². The first-order valence-corrected chi connectivity index (χ1v) is 8.75. The lowest BCUT2D eigenvalue weighted by molar-refractivity contribution is -0.123. The van der Waals surface area contributed by atoms with Gasteiger partial charge in [-0.1, -0.05) is 12.1 Å². The molecule has 146 valence electrons. The van der Waals surface area contributed by atoms with Crippen molar-refractivity contribution in [2.24, 2.45) is 0 Å². The van der Waals surface area contributed by atoms with Gasteiger partial charge in [0.15, 0.2) is 12.4 Å². The summed E-state index contributed by atoms with van der Waals surface area (Å²) in [4.78, 5) is 24.4. The SMILES string of the molecule is COc1ccc2oc(C(=O)NNC(=O)COc3cc(C)ccc3C)c(C)c2c1. The summed E-state index contributed by atoms with van der Waals surface area (Å²) in [6.45, 7) is 5.39. The Bertz CT molecular complexity index is 1040. The summed E-state index contributed by atoms with van der Waals surface area (Å²) < 4.78 is 16.3. The van der Waals surface area contributed by atoms with Gasteiger partial charge in [0.1, 0.15) is 17.1 Å². The second-order valence-electron chi connectivity index (χ2n) is 6.48. The van der Waals surface area contributed by atoms with Crippen LogP contribution in [0.15, 0.2) is 40.8 Å². The van der Waals surface area contributed by atoms with E-state index in [2.05, 4.69) is 10.9 Å². The third kappa shape index (κ3) is 4.09. The number of amides is 2. The number of ether oxygens (including phenoxy) is 2. The molecule has 7 nitrogen and oxygen atoms in total. The highest BCUT2D eigenvalue weighted by Crippen LogP contribution is 2.28. The number of carbonyl (C=O) groups excluding carboxylic acids is 2. The van der Waals surface area contributed by atoms with E-state index >= 15 is 0 Å². The number of nitrogens with one attached hydrogen (secondary N) is 2. The Morgan fingerprint density at radius 2 is 1.82 bits per heavy atom. The van der Waals surface area contributed by atoms with Gasteiger partial charge < -0.3 is 13.9 Å². The number of hydrazine groups is 1. The maximum atomic E-state index is 12.4. The second kappa shape index (κ2) is 8.04. The average molecular weight is 382 g/mol. The fourth-order valence-electron chi connectivity index (χ4n) is 2.77. The van der Waals surface area contributed by atoms with E-state index in [9.17, 15) is 9.59 Å². The Morgan fingerprint density at radius 3 is 2.57 bits per heavy atom. The summed E-state index contributed by atoms with van der Waals surface area (Å²) in [5, 5.41) is 0.772. The molecule has 0 aliphatic rings. The van der Waals surface area contributed by atoms with Crippen LogP contribution in [0.4, 0.5) is 0 Å². The monoisotopic (exact) mass is 382 g/mol. The standard InChI is InChI=1S/C21H22N2O5/c1-12-5-6-13(2)18(9-12)27-11-19(24)22-23-21(25)20-14(3)16-10-15(26-4)7-8-17(16)28-20/h5-10H,11H2,1-4H3,(H,22,24)(H,23,25). The molecule has 2 amide bonds. The van der Waals surface area contributed by atoms with Crippen molar-refractivity contribution in [3.63, 3.8) is 0 Å². The van der Waals surface area contributed by atoms with E-state index in [-0.39, 0.29) is 12.4 Å². The molecule has 0 unspecified atom stereocenters. The van der Waals surface area contributed by atoms with Crippen molar-refractivity contribution >= 4 is 22.8 Å². The van der Waals surface area contributed by atoms with Gasteiger partial charge in [-0.3, -0.25) is 20.4 Å². The fourth-order valence-corrected chi connectivity index (χ4v) is 2.77. The quantitative estimate of drug-likeness (QED) is 0.662. The van der Waals surface area contributed by atoms with Gasteiger partial charge >= 0.3 is 5.91 Å². The predicted octanol–water partition coefficient (Wildman–Crippen LogP) is 3.21. The second-order valence-corrected chi connectivity index (χ2v) is 6.48. The van der Waals surface area contributed by atoms with E-state index in [0.29, 0.717) is 22.6 Å². The van der Waals surface area contributed by atoms with Crippen LogP contribution in [0.3, 0.4) is 0 Å². The first-order valence-electron chi connectivity index (χ1n) is 8.75. The van der Waals surface area contributed by atoms with Gasteiger partial charge in [-0.05, 0) is 56.2 Å². The number of benzene rings is 2. The van der Waals surface area contributed by atoms with Crippen LogP contribution in [0.5, 0.6) is 11.5 Å². The Balaban J connectivity index is 1.60. The molecule has 28 heavy (non-hydrogen) atoms. The van der Waals surface area contributed by atoms with E-state index in [1.807, 2.05) is 32.0 Å². The van der Waals surface area contributed by atoms with Crippen LogP contribution >= 0.6 is 0 Å². The Labute approximate surface area is 162 Å². The number of rotatable bonds is 5. The van der Waals surface area contributed by atoms with Gasteiger partial charge in [0, 0.05) is 10.9 Å². The molecule has 0 fully saturated rings. The maximum Gasteiger partial charge on any atom is 0.305 e. The van der Waals surface area contributed by atoms with Gasteiger partial charge in [0.25, 0.3) is 5.91 Å². The van der Waals surface area contributed by atoms with E-state index in [0.717, 1.165) is 16.5 Å². The molecule has 1 aromatic heterocycles. The van der Waals surface area contributed by atoms with Crippen LogP contribution in [0.2, 0.25) is 0 Å². The molecule has 0 aliphatic heterocycles. The van der Waals surface area contributed by atoms with E-state index < -0.39 is 11.8 Å². The minimum atomic E-state index is -0.548. The zero-order valence-corrected chi connectivity index (χ0v) is 16.2. The summed E-state index contributed by atoms with van der Waals surface area (Å²) in [5.41, 5.74) is 7.86. The molecule has 3 aromatic rings. The number of aryl methyl sites for hydroxylation is 3. The lowest BCUT2D eigenvalue weighted by Crippen LogP contribution is -2.43. The minimum absolute atomic E-state index is 0.124. The molecule has 2 aromatic carbocycles. The number of carbonyl (C=O) groups is 2. The van der Waals surface area contributed by atoms with Gasteiger partial charge in [-0.25, -0.2) is 0 Å². The van der Waals surface area contributed by atoms with Crippen LogP contribution in [0, 0.1) is 20.8 Å². The average Bonchev–Trinajstić information content (AvgIpc) is 3.02. The summed E-state index contributed by atoms with van der Waals surface area (Å²) in [5.74, 6) is 0.389. The molecule has 0 atom stereocenters. The Morgan fingerprint density at radius 1 is 1.04 bits per heavy atom. The lowest BCUT2D eigenvalue weighted by atomic mass is 10.1. The molecule has 0 bridgehead atoms. The van der Waals surface area contributed by atoms with Crippen molar-refractivity contribution in [1.29, 1.82) is 0 Å². The Hall–Kier alpha value is -3.48. The first kappa shape index (κ1) is 19.3. The van der Waals surface area contributed by atoms with Gasteiger partial charge in [-0.15, -0.1) is 0 Å². The predicted molar refractivity (Wildman–Crippen MR) is 105 cm³/mol. The molecule has 0 radical (unpaired) electrons. The van der Waals surface area contributed by atoms with Crippen molar-refractivity contribution in [2.75, 3.05) is 13.7 Å². The topological polar surface area (TPSA) is 89.8 Å². The molecular formula is C21H22N2O5. The van der Waals surface area contributed by atoms with Crippen LogP contribution in [-0.4, -0.2) is 25.5 Å². The van der Waals surface area contributed by atoms with Gasteiger partial charge in [0.05, 0.1) is 7.11 Å². The van der Waals surface area contributed by atoms with Crippen LogP contribution in [0.1, 0.15) is 27.2 Å². The first-order chi connectivity index (χ1) is 13.4. The zero-order valence-electron chi connectivity index (χ0n) is 16.2. The van der Waals surface area contributed by atoms with Crippen LogP contribution in [-0.2, 0) is 4.79 Å². The molecular weight excluding hydrogens is 360 g/mol. The minimum Gasteiger partial charge on any atom is -0.497 e. The lowest BCUT2D eigenvalue weighted by Gasteiger charge is -2.10. The molecule has 0 saturated heterocycles. The largest absolute Gasteiger partial charge is 0.497 e. The van der Waals surface area contributed by atoms with Gasteiger partial charge in [-0.2, -0.15) is 0 Å². The third-order valence-corrected chi connectivity index (χ3v) is 4.37. The highest BCUT2D eigenvalue weighted by Gasteiger charge is 2.18. The highest BCUT2D eigenvalue weighted by molar-refractivity contribution is 5.99. The van der Waals surface area contributed by atoms with E-state index in [1.165, 1.54) is 0 Å². The third-order valence-electron chi connectivity index (χ3n) is 4.37. The number of hydrogen-bond donors (Lipinski definition) is 2. The molecule has 1 heterocycles. The summed E-state index contributed by atoms with van der Waals surface area (Å²) in [7, 11) is 1.57. The number of fused-ring (bicyclic) bond motifs is 1. The van der Waals surface area contributed by atoms with Gasteiger partial charge in [0.2, 0.25) is 0 Å². The van der Waals surface area contributed by atoms with Crippen LogP contribution < -0.4 is 20.3 Å². The van der Waals surface area contributed by atoms with Crippen molar-refractivity contribution in [3.8, 4) is 11.5 Å². The van der Waals surface area contributed by atoms with E-state index in [4.69, 9.17) is 13.9 Å². The molecule has 0 aliphatic carbocycles. The molecule has 7 heteroatoms. The van der Waals surface area contributed by atoms with E-state index in [1.54, 1.807) is 32.2 Å². The number of furan rings is 1. The van der Waals surface area contributed by atoms with Crippen molar-refractivity contribution < 1.29 is 23.5 Å². The highest BCUT2D eigenvalue weighted by atomic mass is 16.5. The number of hydrogen-bond acceptors (Lipinski definition) is 5. The van der Waals surface area contributed by atoms with Crippen molar-refractivity contribution in [2.45, 2.75) is 20.8 Å². The van der Waals surface area contributed by atoms with Crippen molar-refractivity contribution in [3.05, 3.63) is 58.8 Å². The fraction of sp³-hybridized carbons (Fsp3) is 0.238. The summed E-state index contributed by atoms with van der Waals surface area (Å²) in [6, 6.07) is 11.0. The van der Waals surface area contributed by atoms with Crippen molar-refractivity contribution in [1.82, 2.24) is 10.9 Å². The number of methoxy groups -OCH3 is 1. The maximum absolute atomic E-state index is 12.4. The molecule has 0 saturated carbocycles. The smallest absolute Gasteiger partial charge is 0.305 e. The molecule has 3 rings (SSSR count). The molecule has 2 N–H and O–H groups in total. The Kier molecular flexibility index (Phi) is 5.54. The summed E-state index contributed by atoms with van der Waals surface area (Å²) >= 11 is 0. The molecule has 0 spiro atoms. The summed E-state index contributed by atoms with van der Waals surface area (Å²) in [6.07, 6.45) is 0.